The molecule has 0 spiro atoms. The summed E-state index contributed by atoms with van der Waals surface area (Å²) >= 11 is 0. The van der Waals surface area contributed by atoms with Crippen molar-refractivity contribution in [3.05, 3.63) is 59.7 Å². The highest BCUT2D eigenvalue weighted by atomic mass is 16.2. The van der Waals surface area contributed by atoms with Gasteiger partial charge in [-0.1, -0.05) is 30.3 Å². The third-order valence-electron chi connectivity index (χ3n) is 5.31. The summed E-state index contributed by atoms with van der Waals surface area (Å²) < 4.78 is 0. The van der Waals surface area contributed by atoms with Crippen LogP contribution in [0.3, 0.4) is 0 Å². The molecule has 2 aromatic carbocycles. The summed E-state index contributed by atoms with van der Waals surface area (Å²) in [5.74, 6) is -0.135. The van der Waals surface area contributed by atoms with E-state index in [4.69, 9.17) is 0 Å². The van der Waals surface area contributed by atoms with Crippen molar-refractivity contribution in [1.29, 1.82) is 0 Å². The summed E-state index contributed by atoms with van der Waals surface area (Å²) in [5, 5.41) is 5.73. The normalized spacial score (nSPS) is 18.2. The Morgan fingerprint density at radius 2 is 1.74 bits per heavy atom. The molecule has 2 aromatic rings. The number of aryl methyl sites for hydroxylation is 1. The lowest BCUT2D eigenvalue weighted by molar-refractivity contribution is -0.118. The van der Waals surface area contributed by atoms with Gasteiger partial charge in [-0.15, -0.1) is 0 Å². The van der Waals surface area contributed by atoms with Gasteiger partial charge in [0.1, 0.15) is 0 Å². The summed E-state index contributed by atoms with van der Waals surface area (Å²) in [6.07, 6.45) is 4.51. The standard InChI is InChI=1S/C22H25N3O2/c1-15(26)23-17-6-4-7-18(13-17)24-22(27)14-25(19-10-11-19)21-12-9-16-5-2-3-8-20(16)21/h2-8,13,19,21H,9-12,14H2,1H3,(H,23,26)(H,24,27). The Hall–Kier alpha value is -2.66. The van der Waals surface area contributed by atoms with E-state index in [0.29, 0.717) is 30.0 Å². The number of hydrogen-bond donors (Lipinski definition) is 2. The smallest absolute Gasteiger partial charge is 0.238 e. The highest BCUT2D eigenvalue weighted by molar-refractivity contribution is 5.94. The number of anilines is 2. The molecule has 0 aromatic heterocycles. The molecular weight excluding hydrogens is 338 g/mol. The molecule has 2 amide bonds. The molecular formula is C22H25N3O2. The van der Waals surface area contributed by atoms with E-state index in [-0.39, 0.29) is 11.8 Å². The van der Waals surface area contributed by atoms with Crippen LogP contribution in [0, 0.1) is 0 Å². The molecule has 5 nitrogen and oxygen atoms in total. The Morgan fingerprint density at radius 3 is 2.48 bits per heavy atom. The number of carbonyl (C=O) groups is 2. The van der Waals surface area contributed by atoms with Crippen molar-refractivity contribution in [3.63, 3.8) is 0 Å². The number of carbonyl (C=O) groups excluding carboxylic acids is 2. The Morgan fingerprint density at radius 1 is 1.00 bits per heavy atom. The minimum atomic E-state index is -0.127. The predicted molar refractivity (Wildman–Crippen MR) is 107 cm³/mol. The fourth-order valence-electron chi connectivity index (χ4n) is 4.02. The Balaban J connectivity index is 1.44. The fraction of sp³-hybridized carbons (Fsp3) is 0.364. The average Bonchev–Trinajstić information content (AvgIpc) is 3.39. The van der Waals surface area contributed by atoms with Crippen molar-refractivity contribution in [2.24, 2.45) is 0 Å². The van der Waals surface area contributed by atoms with Crippen LogP contribution < -0.4 is 10.6 Å². The molecule has 0 aliphatic heterocycles. The molecule has 27 heavy (non-hydrogen) atoms. The molecule has 1 fully saturated rings. The third kappa shape index (κ3) is 4.19. The lowest BCUT2D eigenvalue weighted by atomic mass is 10.1. The van der Waals surface area contributed by atoms with Gasteiger partial charge in [-0.3, -0.25) is 14.5 Å². The molecule has 0 saturated heterocycles. The highest BCUT2D eigenvalue weighted by Crippen LogP contribution is 2.41. The van der Waals surface area contributed by atoms with Crippen LogP contribution in [0.4, 0.5) is 11.4 Å². The highest BCUT2D eigenvalue weighted by Gasteiger charge is 2.38. The van der Waals surface area contributed by atoms with Crippen LogP contribution in [0.5, 0.6) is 0 Å². The monoisotopic (exact) mass is 363 g/mol. The number of rotatable bonds is 6. The molecule has 2 N–H and O–H groups in total. The van der Waals surface area contributed by atoms with Crippen LogP contribution in [0.25, 0.3) is 0 Å². The first-order valence-corrected chi connectivity index (χ1v) is 9.61. The van der Waals surface area contributed by atoms with E-state index in [1.165, 1.54) is 30.9 Å². The molecule has 4 rings (SSSR count). The molecule has 1 unspecified atom stereocenters. The van der Waals surface area contributed by atoms with E-state index in [2.05, 4.69) is 39.8 Å². The first-order chi connectivity index (χ1) is 13.1. The average molecular weight is 363 g/mol. The number of amides is 2. The first kappa shape index (κ1) is 17.7. The van der Waals surface area contributed by atoms with E-state index >= 15 is 0 Å². The van der Waals surface area contributed by atoms with Gasteiger partial charge >= 0.3 is 0 Å². The summed E-state index contributed by atoms with van der Waals surface area (Å²) in [5.41, 5.74) is 4.18. The van der Waals surface area contributed by atoms with Gasteiger partial charge in [0, 0.05) is 30.4 Å². The maximum atomic E-state index is 12.7. The van der Waals surface area contributed by atoms with E-state index in [0.717, 1.165) is 12.8 Å². The van der Waals surface area contributed by atoms with Crippen LogP contribution >= 0.6 is 0 Å². The molecule has 1 atom stereocenters. The minimum absolute atomic E-state index is 0.00810. The summed E-state index contributed by atoms with van der Waals surface area (Å²) in [4.78, 5) is 26.3. The van der Waals surface area contributed by atoms with E-state index in [1.807, 2.05) is 18.2 Å². The van der Waals surface area contributed by atoms with Gasteiger partial charge < -0.3 is 10.6 Å². The second-order valence-electron chi connectivity index (χ2n) is 7.47. The van der Waals surface area contributed by atoms with Crippen LogP contribution in [0.2, 0.25) is 0 Å². The summed E-state index contributed by atoms with van der Waals surface area (Å²) in [7, 11) is 0. The van der Waals surface area contributed by atoms with Crippen molar-refractivity contribution >= 4 is 23.2 Å². The van der Waals surface area contributed by atoms with Gasteiger partial charge in [0.2, 0.25) is 11.8 Å². The number of hydrogen-bond acceptors (Lipinski definition) is 3. The van der Waals surface area contributed by atoms with Gasteiger partial charge in [0.05, 0.1) is 6.54 Å². The minimum Gasteiger partial charge on any atom is -0.326 e. The van der Waals surface area contributed by atoms with Gasteiger partial charge in [0.15, 0.2) is 0 Å². The SMILES string of the molecule is CC(=O)Nc1cccc(NC(=O)CN(C2CC2)C2CCc3ccccc32)c1. The molecule has 0 radical (unpaired) electrons. The Bertz CT molecular complexity index is 860. The first-order valence-electron chi connectivity index (χ1n) is 9.61. The number of benzene rings is 2. The zero-order valence-corrected chi connectivity index (χ0v) is 15.6. The lowest BCUT2D eigenvalue weighted by Crippen LogP contribution is -2.37. The van der Waals surface area contributed by atoms with Crippen LogP contribution in [0.15, 0.2) is 48.5 Å². The topological polar surface area (TPSA) is 61.4 Å². The van der Waals surface area contributed by atoms with E-state index < -0.39 is 0 Å². The van der Waals surface area contributed by atoms with Crippen molar-refractivity contribution in [2.45, 2.75) is 44.7 Å². The fourth-order valence-corrected chi connectivity index (χ4v) is 4.02. The molecule has 2 aliphatic carbocycles. The second-order valence-corrected chi connectivity index (χ2v) is 7.47. The Kier molecular flexibility index (Phi) is 4.94. The van der Waals surface area contributed by atoms with Crippen molar-refractivity contribution < 1.29 is 9.59 Å². The molecule has 0 bridgehead atoms. The molecule has 1 saturated carbocycles. The van der Waals surface area contributed by atoms with Gasteiger partial charge in [0.25, 0.3) is 0 Å². The maximum Gasteiger partial charge on any atom is 0.238 e. The van der Waals surface area contributed by atoms with E-state index in [1.54, 1.807) is 6.07 Å². The lowest BCUT2D eigenvalue weighted by Gasteiger charge is -2.29. The third-order valence-corrected chi connectivity index (χ3v) is 5.31. The Labute approximate surface area is 159 Å². The van der Waals surface area contributed by atoms with Crippen LogP contribution in [0.1, 0.15) is 43.4 Å². The predicted octanol–water partition coefficient (Wildman–Crippen LogP) is 3.74. The van der Waals surface area contributed by atoms with Gasteiger partial charge in [-0.2, -0.15) is 0 Å². The molecule has 140 valence electrons. The summed E-state index contributed by atoms with van der Waals surface area (Å²) in [6.45, 7) is 1.87. The number of nitrogens with zero attached hydrogens (tertiary/aromatic N) is 1. The zero-order valence-electron chi connectivity index (χ0n) is 15.6. The summed E-state index contributed by atoms with van der Waals surface area (Å²) in [6, 6.07) is 16.7. The molecule has 5 heteroatoms. The quantitative estimate of drug-likeness (QED) is 0.822. The number of nitrogens with one attached hydrogen (secondary N) is 2. The van der Waals surface area contributed by atoms with Gasteiger partial charge in [-0.05, 0) is 55.0 Å². The molecule has 2 aliphatic rings. The largest absolute Gasteiger partial charge is 0.326 e. The number of fused-ring (bicyclic) bond motifs is 1. The van der Waals surface area contributed by atoms with Crippen molar-refractivity contribution in [3.8, 4) is 0 Å². The maximum absolute atomic E-state index is 12.7. The van der Waals surface area contributed by atoms with Crippen molar-refractivity contribution in [1.82, 2.24) is 4.90 Å². The van der Waals surface area contributed by atoms with Crippen LogP contribution in [-0.4, -0.2) is 29.3 Å². The molecule has 0 heterocycles. The van der Waals surface area contributed by atoms with Gasteiger partial charge in [-0.25, -0.2) is 0 Å². The van der Waals surface area contributed by atoms with E-state index in [9.17, 15) is 9.59 Å². The van der Waals surface area contributed by atoms with Crippen molar-refractivity contribution in [2.75, 3.05) is 17.2 Å². The zero-order chi connectivity index (χ0) is 18.8. The second kappa shape index (κ2) is 7.53. The van der Waals surface area contributed by atoms with Crippen LogP contribution in [-0.2, 0) is 16.0 Å².